The Balaban J connectivity index is 2.16. The second-order valence-corrected chi connectivity index (χ2v) is 5.50. The molecule has 122 valence electrons. The van der Waals surface area contributed by atoms with E-state index in [1.165, 1.54) is 0 Å². The van der Waals surface area contributed by atoms with Gasteiger partial charge in [-0.05, 0) is 20.8 Å². The van der Waals surface area contributed by atoms with Crippen LogP contribution in [0.3, 0.4) is 0 Å². The zero-order valence-corrected chi connectivity index (χ0v) is 13.3. The van der Waals surface area contributed by atoms with Crippen molar-refractivity contribution >= 4 is 11.6 Å². The molecule has 0 amide bonds. The Morgan fingerprint density at radius 1 is 1.39 bits per heavy atom. The third-order valence-corrected chi connectivity index (χ3v) is 3.89. The molecule has 0 saturated carbocycles. The summed E-state index contributed by atoms with van der Waals surface area (Å²) < 4.78 is 7.04. The topological polar surface area (TPSA) is 99.2 Å². The third-order valence-electron chi connectivity index (χ3n) is 3.89. The minimum Gasteiger partial charge on any atom is -0.377 e. The molecule has 0 aliphatic carbocycles. The SMILES string of the molecule is Cc1nc(N2CCOC[C@@H]2C)nc(-n2ccnc2C)c1[N+](=O)[O-]. The van der Waals surface area contributed by atoms with Crippen molar-refractivity contribution in [1.29, 1.82) is 0 Å². The van der Waals surface area contributed by atoms with Crippen LogP contribution in [-0.2, 0) is 4.74 Å². The van der Waals surface area contributed by atoms with Gasteiger partial charge in [-0.1, -0.05) is 0 Å². The summed E-state index contributed by atoms with van der Waals surface area (Å²) in [5.74, 6) is 1.35. The number of anilines is 1. The molecule has 0 unspecified atom stereocenters. The quantitative estimate of drug-likeness (QED) is 0.623. The lowest BCUT2D eigenvalue weighted by Gasteiger charge is -2.33. The highest BCUT2D eigenvalue weighted by Crippen LogP contribution is 2.28. The van der Waals surface area contributed by atoms with E-state index in [-0.39, 0.29) is 17.5 Å². The number of aryl methyl sites for hydroxylation is 2. The molecule has 9 nitrogen and oxygen atoms in total. The summed E-state index contributed by atoms with van der Waals surface area (Å²) in [7, 11) is 0. The maximum Gasteiger partial charge on any atom is 0.333 e. The third kappa shape index (κ3) is 2.74. The summed E-state index contributed by atoms with van der Waals surface area (Å²) in [6.07, 6.45) is 3.25. The minimum atomic E-state index is -0.448. The Hall–Kier alpha value is -2.55. The smallest absolute Gasteiger partial charge is 0.333 e. The summed E-state index contributed by atoms with van der Waals surface area (Å²) in [4.78, 5) is 26.0. The second kappa shape index (κ2) is 5.92. The lowest BCUT2D eigenvalue weighted by atomic mass is 10.2. The molecule has 0 spiro atoms. The van der Waals surface area contributed by atoms with Gasteiger partial charge in [0.2, 0.25) is 11.8 Å². The first-order valence-corrected chi connectivity index (χ1v) is 7.36. The fraction of sp³-hybridized carbons (Fsp3) is 0.500. The number of aromatic nitrogens is 4. The number of morpholine rings is 1. The van der Waals surface area contributed by atoms with Crippen molar-refractivity contribution in [2.45, 2.75) is 26.8 Å². The van der Waals surface area contributed by atoms with Gasteiger partial charge < -0.3 is 9.64 Å². The van der Waals surface area contributed by atoms with Crippen LogP contribution in [-0.4, -0.2) is 50.2 Å². The second-order valence-electron chi connectivity index (χ2n) is 5.50. The van der Waals surface area contributed by atoms with E-state index in [1.807, 2.05) is 11.8 Å². The van der Waals surface area contributed by atoms with Crippen molar-refractivity contribution in [3.05, 3.63) is 34.0 Å². The Morgan fingerprint density at radius 3 is 2.78 bits per heavy atom. The average Bonchev–Trinajstić information content (AvgIpc) is 2.92. The van der Waals surface area contributed by atoms with E-state index in [1.54, 1.807) is 30.8 Å². The maximum atomic E-state index is 11.5. The normalized spacial score (nSPS) is 18.2. The molecular formula is C14H18N6O3. The van der Waals surface area contributed by atoms with E-state index in [0.29, 0.717) is 37.2 Å². The molecule has 3 rings (SSSR count). The molecule has 23 heavy (non-hydrogen) atoms. The van der Waals surface area contributed by atoms with Crippen LogP contribution in [0, 0.1) is 24.0 Å². The van der Waals surface area contributed by atoms with Crippen molar-refractivity contribution in [2.24, 2.45) is 0 Å². The van der Waals surface area contributed by atoms with Gasteiger partial charge in [-0.2, -0.15) is 4.98 Å². The first kappa shape index (κ1) is 15.3. The number of nitro groups is 1. The zero-order valence-electron chi connectivity index (χ0n) is 13.3. The van der Waals surface area contributed by atoms with Crippen LogP contribution in [0.2, 0.25) is 0 Å². The molecule has 1 aliphatic rings. The average molecular weight is 318 g/mol. The predicted octanol–water partition coefficient (Wildman–Crippen LogP) is 1.41. The summed E-state index contributed by atoms with van der Waals surface area (Å²) in [6, 6.07) is 0.112. The number of hydrogen-bond donors (Lipinski definition) is 0. The van der Waals surface area contributed by atoms with Crippen molar-refractivity contribution < 1.29 is 9.66 Å². The standard InChI is InChI=1S/C14H18N6O3/c1-9-8-23-7-6-18(9)14-16-10(2)12(20(21)22)13(17-14)19-5-4-15-11(19)3/h4-5,9H,6-8H2,1-3H3/t9-/m0/s1. The van der Waals surface area contributed by atoms with Gasteiger partial charge in [-0.3, -0.25) is 14.7 Å². The van der Waals surface area contributed by atoms with Crippen LogP contribution in [0.4, 0.5) is 11.6 Å². The first-order chi connectivity index (χ1) is 11.0. The fourth-order valence-corrected chi connectivity index (χ4v) is 2.67. The molecule has 2 aromatic heterocycles. The highest BCUT2D eigenvalue weighted by Gasteiger charge is 2.28. The molecule has 2 aromatic rings. The number of ether oxygens (including phenoxy) is 1. The number of imidazole rings is 1. The predicted molar refractivity (Wildman–Crippen MR) is 82.9 cm³/mol. The van der Waals surface area contributed by atoms with Gasteiger partial charge >= 0.3 is 5.69 Å². The summed E-state index contributed by atoms with van der Waals surface area (Å²) in [6.45, 7) is 7.24. The molecule has 0 N–H and O–H groups in total. The number of rotatable bonds is 3. The molecule has 0 bridgehead atoms. The molecule has 0 radical (unpaired) electrons. The highest BCUT2D eigenvalue weighted by atomic mass is 16.6. The highest BCUT2D eigenvalue weighted by molar-refractivity contribution is 5.54. The van der Waals surface area contributed by atoms with Crippen LogP contribution in [0.25, 0.3) is 5.82 Å². The minimum absolute atomic E-state index is 0.101. The largest absolute Gasteiger partial charge is 0.377 e. The Labute approximate surface area is 133 Å². The Morgan fingerprint density at radius 2 is 2.17 bits per heavy atom. The summed E-state index contributed by atoms with van der Waals surface area (Å²) in [5.41, 5.74) is 0.234. The van der Waals surface area contributed by atoms with E-state index in [4.69, 9.17) is 4.74 Å². The van der Waals surface area contributed by atoms with Gasteiger partial charge in [0.1, 0.15) is 11.5 Å². The molecule has 9 heteroatoms. The van der Waals surface area contributed by atoms with Gasteiger partial charge in [0.05, 0.1) is 24.2 Å². The fourth-order valence-electron chi connectivity index (χ4n) is 2.67. The molecule has 1 fully saturated rings. The van der Waals surface area contributed by atoms with E-state index in [9.17, 15) is 10.1 Å². The summed E-state index contributed by atoms with van der Waals surface area (Å²) in [5, 5.41) is 11.5. The molecule has 1 atom stereocenters. The first-order valence-electron chi connectivity index (χ1n) is 7.36. The van der Waals surface area contributed by atoms with Crippen LogP contribution in [0.15, 0.2) is 12.4 Å². The van der Waals surface area contributed by atoms with Crippen molar-refractivity contribution in [1.82, 2.24) is 19.5 Å². The molecule has 0 aromatic carbocycles. The Kier molecular flexibility index (Phi) is 3.95. The van der Waals surface area contributed by atoms with Crippen molar-refractivity contribution in [3.63, 3.8) is 0 Å². The van der Waals surface area contributed by atoms with Crippen molar-refractivity contribution in [3.8, 4) is 5.82 Å². The van der Waals surface area contributed by atoms with Gasteiger partial charge in [0, 0.05) is 18.9 Å². The Bertz CT molecular complexity index is 744. The van der Waals surface area contributed by atoms with Gasteiger partial charge in [0.15, 0.2) is 0 Å². The molecule has 3 heterocycles. The van der Waals surface area contributed by atoms with E-state index < -0.39 is 4.92 Å². The van der Waals surface area contributed by atoms with E-state index in [0.717, 1.165) is 0 Å². The van der Waals surface area contributed by atoms with Crippen LogP contribution >= 0.6 is 0 Å². The van der Waals surface area contributed by atoms with E-state index in [2.05, 4.69) is 15.0 Å². The maximum absolute atomic E-state index is 11.5. The monoisotopic (exact) mass is 318 g/mol. The number of hydrogen-bond acceptors (Lipinski definition) is 7. The zero-order chi connectivity index (χ0) is 16.6. The lowest BCUT2D eigenvalue weighted by molar-refractivity contribution is -0.385. The van der Waals surface area contributed by atoms with E-state index >= 15 is 0 Å². The molecule has 1 aliphatic heterocycles. The number of nitrogens with zero attached hydrogens (tertiary/aromatic N) is 6. The van der Waals surface area contributed by atoms with Crippen molar-refractivity contribution in [2.75, 3.05) is 24.7 Å². The lowest BCUT2D eigenvalue weighted by Crippen LogP contribution is -2.44. The molecular weight excluding hydrogens is 300 g/mol. The van der Waals surface area contributed by atoms with Crippen LogP contribution < -0.4 is 4.90 Å². The van der Waals surface area contributed by atoms with Gasteiger partial charge in [-0.25, -0.2) is 9.97 Å². The van der Waals surface area contributed by atoms with Gasteiger partial charge in [0.25, 0.3) is 0 Å². The summed E-state index contributed by atoms with van der Waals surface area (Å²) >= 11 is 0. The van der Waals surface area contributed by atoms with Gasteiger partial charge in [-0.15, -0.1) is 0 Å². The van der Waals surface area contributed by atoms with Crippen LogP contribution in [0.5, 0.6) is 0 Å². The van der Waals surface area contributed by atoms with Crippen LogP contribution in [0.1, 0.15) is 18.4 Å². The molecule has 1 saturated heterocycles.